The minimum Gasteiger partial charge on any atom is -0.336 e. The largest absolute Gasteiger partial charge is 0.336 e. The highest BCUT2D eigenvalue weighted by molar-refractivity contribution is 7.89. The lowest BCUT2D eigenvalue weighted by Gasteiger charge is -2.34. The van der Waals surface area contributed by atoms with Crippen LogP contribution in [0.2, 0.25) is 0 Å². The molecule has 4 aromatic rings. The van der Waals surface area contributed by atoms with Gasteiger partial charge in [0.05, 0.1) is 27.2 Å². The van der Waals surface area contributed by atoms with Crippen molar-refractivity contribution in [3.63, 3.8) is 0 Å². The summed E-state index contributed by atoms with van der Waals surface area (Å²) in [4.78, 5) is 20.1. The Morgan fingerprint density at radius 2 is 1.58 bits per heavy atom. The minimum atomic E-state index is -3.84. The van der Waals surface area contributed by atoms with Crippen molar-refractivity contribution in [2.45, 2.75) is 11.8 Å². The topological polar surface area (TPSA) is 94.4 Å². The number of benzene rings is 3. The Bertz CT molecular complexity index is 1600. The molecule has 1 aromatic heterocycles. The zero-order chi connectivity index (χ0) is 25.3. The molecule has 5 rings (SSSR count). The molecule has 0 radical (unpaired) electrons. The lowest BCUT2D eigenvalue weighted by atomic mass is 10.0. The van der Waals surface area contributed by atoms with Crippen LogP contribution in [0.4, 0.5) is 0 Å². The van der Waals surface area contributed by atoms with Gasteiger partial charge in [-0.2, -0.15) is 9.57 Å². The fourth-order valence-electron chi connectivity index (χ4n) is 4.45. The van der Waals surface area contributed by atoms with Gasteiger partial charge in [0, 0.05) is 37.1 Å². The van der Waals surface area contributed by atoms with E-state index in [0.717, 1.165) is 22.0 Å². The van der Waals surface area contributed by atoms with Crippen LogP contribution in [0.5, 0.6) is 0 Å². The number of hydrogen-bond acceptors (Lipinski definition) is 5. The van der Waals surface area contributed by atoms with Crippen molar-refractivity contribution < 1.29 is 13.2 Å². The molecule has 7 nitrogen and oxygen atoms in total. The van der Waals surface area contributed by atoms with Crippen LogP contribution in [0.15, 0.2) is 83.8 Å². The Kier molecular flexibility index (Phi) is 6.27. The standard InChI is InChI=1S/C28H24N4O3S/c1-20-10-12-21(13-11-20)26-18-24(23-7-3-4-8-25(23)30-26)28(33)31-14-16-32(17-15-31)36(34,35)27-9-5-2-6-22(27)19-29/h2-13,18H,14-17H2,1H3. The van der Waals surface area contributed by atoms with Crippen LogP contribution in [-0.2, 0) is 10.0 Å². The number of rotatable bonds is 4. The third-order valence-corrected chi connectivity index (χ3v) is 8.40. The highest BCUT2D eigenvalue weighted by Crippen LogP contribution is 2.27. The average Bonchev–Trinajstić information content (AvgIpc) is 2.92. The molecule has 3 aromatic carbocycles. The number of carbonyl (C=O) groups excluding carboxylic acids is 1. The molecule has 180 valence electrons. The molecular weight excluding hydrogens is 472 g/mol. The Hall–Kier alpha value is -4.06. The van der Waals surface area contributed by atoms with Gasteiger partial charge in [0.15, 0.2) is 0 Å². The van der Waals surface area contributed by atoms with Crippen LogP contribution in [0.25, 0.3) is 22.2 Å². The van der Waals surface area contributed by atoms with Crippen LogP contribution < -0.4 is 0 Å². The summed E-state index contributed by atoms with van der Waals surface area (Å²) < 4.78 is 27.7. The van der Waals surface area contributed by atoms with Gasteiger partial charge in [-0.3, -0.25) is 4.79 Å². The Morgan fingerprint density at radius 3 is 2.31 bits per heavy atom. The fourth-order valence-corrected chi connectivity index (χ4v) is 6.01. The van der Waals surface area contributed by atoms with Crippen molar-refractivity contribution in [1.29, 1.82) is 5.26 Å². The molecule has 1 aliphatic rings. The second-order valence-electron chi connectivity index (χ2n) is 8.74. The quantitative estimate of drug-likeness (QED) is 0.421. The number of amides is 1. The van der Waals surface area contributed by atoms with Crippen molar-refractivity contribution >= 4 is 26.8 Å². The van der Waals surface area contributed by atoms with Crippen LogP contribution in [0.1, 0.15) is 21.5 Å². The third-order valence-electron chi connectivity index (χ3n) is 6.45. The van der Waals surface area contributed by atoms with E-state index >= 15 is 0 Å². The van der Waals surface area contributed by atoms with E-state index in [1.54, 1.807) is 17.0 Å². The molecule has 0 unspecified atom stereocenters. The minimum absolute atomic E-state index is 0.00450. The van der Waals surface area contributed by atoms with E-state index in [-0.39, 0.29) is 42.5 Å². The Labute approximate surface area is 210 Å². The number of fused-ring (bicyclic) bond motifs is 1. The number of aromatic nitrogens is 1. The van der Waals surface area contributed by atoms with Gasteiger partial charge >= 0.3 is 0 Å². The number of piperazine rings is 1. The van der Waals surface area contributed by atoms with Gasteiger partial charge in [-0.05, 0) is 31.2 Å². The summed E-state index contributed by atoms with van der Waals surface area (Å²) >= 11 is 0. The summed E-state index contributed by atoms with van der Waals surface area (Å²) in [6.07, 6.45) is 0. The van der Waals surface area contributed by atoms with Crippen molar-refractivity contribution in [1.82, 2.24) is 14.2 Å². The van der Waals surface area contributed by atoms with Crippen LogP contribution in [0.3, 0.4) is 0 Å². The molecular formula is C28H24N4O3S. The van der Waals surface area contributed by atoms with E-state index in [2.05, 4.69) is 0 Å². The molecule has 36 heavy (non-hydrogen) atoms. The molecule has 1 amide bonds. The molecule has 0 aliphatic carbocycles. The smallest absolute Gasteiger partial charge is 0.254 e. The molecule has 2 heterocycles. The van der Waals surface area contributed by atoms with E-state index < -0.39 is 10.0 Å². The second kappa shape index (κ2) is 9.53. The molecule has 0 atom stereocenters. The predicted octanol–water partition coefficient (Wildman–Crippen LogP) is 4.23. The van der Waals surface area contributed by atoms with Gasteiger partial charge in [-0.1, -0.05) is 60.2 Å². The first kappa shape index (κ1) is 23.7. The van der Waals surface area contributed by atoms with Gasteiger partial charge in [0.2, 0.25) is 10.0 Å². The molecule has 1 fully saturated rings. The van der Waals surface area contributed by atoms with Gasteiger partial charge < -0.3 is 4.90 Å². The molecule has 8 heteroatoms. The summed E-state index contributed by atoms with van der Waals surface area (Å²) in [6, 6.07) is 25.5. The lowest BCUT2D eigenvalue weighted by molar-refractivity contribution is 0.0700. The maximum Gasteiger partial charge on any atom is 0.254 e. The maximum atomic E-state index is 13.7. The van der Waals surface area contributed by atoms with E-state index in [1.165, 1.54) is 16.4 Å². The molecule has 1 saturated heterocycles. The lowest BCUT2D eigenvalue weighted by Crippen LogP contribution is -2.50. The number of aryl methyl sites for hydroxylation is 1. The monoisotopic (exact) mass is 496 g/mol. The SMILES string of the molecule is Cc1ccc(-c2cc(C(=O)N3CCN(S(=O)(=O)c4ccccc4C#N)CC3)c3ccccc3n2)cc1. The Morgan fingerprint density at radius 1 is 0.917 bits per heavy atom. The molecule has 1 aliphatic heterocycles. The Balaban J connectivity index is 1.42. The van der Waals surface area contributed by atoms with Gasteiger partial charge in [-0.15, -0.1) is 0 Å². The number of sulfonamides is 1. The summed E-state index contributed by atoms with van der Waals surface area (Å²) in [6.45, 7) is 2.83. The predicted molar refractivity (Wildman–Crippen MR) is 138 cm³/mol. The van der Waals surface area contributed by atoms with Crippen molar-refractivity contribution in [3.05, 3.63) is 95.6 Å². The summed E-state index contributed by atoms with van der Waals surface area (Å²) in [5.74, 6) is -0.156. The second-order valence-corrected chi connectivity index (χ2v) is 10.6. The number of nitrogens with zero attached hydrogens (tertiary/aromatic N) is 4. The number of nitriles is 1. The van der Waals surface area contributed by atoms with Crippen LogP contribution >= 0.6 is 0 Å². The zero-order valence-electron chi connectivity index (χ0n) is 19.8. The van der Waals surface area contributed by atoms with Crippen LogP contribution in [0, 0.1) is 18.3 Å². The van der Waals surface area contributed by atoms with E-state index in [0.29, 0.717) is 11.3 Å². The highest BCUT2D eigenvalue weighted by Gasteiger charge is 2.32. The normalized spacial score (nSPS) is 14.5. The third kappa shape index (κ3) is 4.35. The van der Waals surface area contributed by atoms with Crippen molar-refractivity contribution in [3.8, 4) is 17.3 Å². The number of pyridine rings is 1. The van der Waals surface area contributed by atoms with E-state index in [9.17, 15) is 18.5 Å². The van der Waals surface area contributed by atoms with E-state index in [1.807, 2.05) is 67.6 Å². The summed E-state index contributed by atoms with van der Waals surface area (Å²) in [5.41, 5.74) is 4.17. The average molecular weight is 497 g/mol. The van der Waals surface area contributed by atoms with Crippen molar-refractivity contribution in [2.24, 2.45) is 0 Å². The number of carbonyl (C=O) groups is 1. The first-order valence-corrected chi connectivity index (χ1v) is 13.1. The zero-order valence-corrected chi connectivity index (χ0v) is 20.6. The van der Waals surface area contributed by atoms with Gasteiger partial charge in [0.25, 0.3) is 5.91 Å². The first-order valence-electron chi connectivity index (χ1n) is 11.6. The first-order chi connectivity index (χ1) is 17.4. The van der Waals surface area contributed by atoms with Crippen molar-refractivity contribution in [2.75, 3.05) is 26.2 Å². The van der Waals surface area contributed by atoms with Crippen LogP contribution in [-0.4, -0.2) is 54.7 Å². The number of hydrogen-bond donors (Lipinski definition) is 0. The fraction of sp³-hybridized carbons (Fsp3) is 0.179. The molecule has 0 N–H and O–H groups in total. The summed E-state index contributed by atoms with van der Waals surface area (Å²) in [7, 11) is -3.84. The van der Waals surface area contributed by atoms with Gasteiger partial charge in [-0.25, -0.2) is 13.4 Å². The molecule has 0 spiro atoms. The maximum absolute atomic E-state index is 13.7. The molecule has 0 saturated carbocycles. The molecule has 0 bridgehead atoms. The number of para-hydroxylation sites is 1. The highest BCUT2D eigenvalue weighted by atomic mass is 32.2. The van der Waals surface area contributed by atoms with Gasteiger partial charge in [0.1, 0.15) is 6.07 Å². The van der Waals surface area contributed by atoms with E-state index in [4.69, 9.17) is 4.98 Å². The summed E-state index contributed by atoms with van der Waals surface area (Å²) in [5, 5.41) is 10.1.